The van der Waals surface area contributed by atoms with E-state index in [0.717, 1.165) is 12.1 Å². The van der Waals surface area contributed by atoms with Crippen LogP contribution in [0.1, 0.15) is 36.2 Å². The second kappa shape index (κ2) is 7.56. The highest BCUT2D eigenvalue weighted by Crippen LogP contribution is 2.44. The lowest BCUT2D eigenvalue weighted by molar-refractivity contribution is -0.0535. The molecule has 0 atom stereocenters. The molecular weight excluding hydrogens is 447 g/mol. The number of hydrogen-bond acceptors (Lipinski definition) is 5. The molecule has 0 unspecified atom stereocenters. The topological polar surface area (TPSA) is 120 Å². The van der Waals surface area contributed by atoms with Crippen LogP contribution in [0.5, 0.6) is 0 Å². The molecule has 1 saturated carbocycles. The highest BCUT2D eigenvalue weighted by atomic mass is 19.1. The van der Waals surface area contributed by atoms with Gasteiger partial charge in [0.05, 0.1) is 11.6 Å². The molecule has 0 bridgehead atoms. The molecule has 1 fully saturated rings. The number of rotatable bonds is 4. The van der Waals surface area contributed by atoms with Gasteiger partial charge in [-0.1, -0.05) is 18.2 Å². The average Bonchev–Trinajstić information content (AvgIpc) is 3.09. The summed E-state index contributed by atoms with van der Waals surface area (Å²) in [5, 5.41) is 14.6. The van der Waals surface area contributed by atoms with Crippen LogP contribution in [-0.4, -0.2) is 31.4 Å². The predicted octanol–water partition coefficient (Wildman–Crippen LogP) is 3.95. The number of halogens is 3. The van der Waals surface area contributed by atoms with Gasteiger partial charge in [0, 0.05) is 16.5 Å². The summed E-state index contributed by atoms with van der Waals surface area (Å²) in [4.78, 5) is 16.3. The summed E-state index contributed by atoms with van der Waals surface area (Å²) in [6, 6.07) is 8.99. The van der Waals surface area contributed by atoms with E-state index in [2.05, 4.69) is 10.1 Å². The van der Waals surface area contributed by atoms with Crippen molar-refractivity contribution >= 4 is 22.6 Å². The van der Waals surface area contributed by atoms with E-state index in [4.69, 9.17) is 11.5 Å². The van der Waals surface area contributed by atoms with Gasteiger partial charge in [0.2, 0.25) is 0 Å². The third-order valence-corrected chi connectivity index (χ3v) is 6.15. The zero-order valence-electron chi connectivity index (χ0n) is 18.0. The lowest BCUT2D eigenvalue weighted by atomic mass is 9.77. The number of primary amides is 1. The first kappa shape index (κ1) is 21.9. The summed E-state index contributed by atoms with van der Waals surface area (Å²) < 4.78 is 46.0. The van der Waals surface area contributed by atoms with E-state index in [0.29, 0.717) is 12.8 Å². The zero-order valence-corrected chi connectivity index (χ0v) is 18.0. The number of carbonyl (C=O) groups is 1. The number of nitrogens with zero attached hydrogens (tertiary/aromatic N) is 3. The van der Waals surface area contributed by atoms with E-state index in [1.165, 1.54) is 35.0 Å². The number of pyridine rings is 1. The molecule has 2 aromatic carbocycles. The highest BCUT2D eigenvalue weighted by molar-refractivity contribution is 6.04. The Labute approximate surface area is 191 Å². The Morgan fingerprint density at radius 2 is 1.79 bits per heavy atom. The van der Waals surface area contributed by atoms with Crippen LogP contribution in [0.3, 0.4) is 0 Å². The third-order valence-electron chi connectivity index (χ3n) is 6.15. The SMILES string of the molecule is C[C@]1(O)C[C@@H](n2nc(-c3ccc4cc(F)c(-c5ccccc5F)nc4c3F)c(C(N)=O)c2N)C1. The van der Waals surface area contributed by atoms with Crippen molar-refractivity contribution in [3.8, 4) is 22.5 Å². The van der Waals surface area contributed by atoms with Crippen molar-refractivity contribution in [3.63, 3.8) is 0 Å². The lowest BCUT2D eigenvalue weighted by Gasteiger charge is -2.41. The first-order chi connectivity index (χ1) is 16.1. The first-order valence-electron chi connectivity index (χ1n) is 10.5. The standard InChI is InChI=1S/C24H20F3N5O2/c1-24(34)9-12(10-24)32-22(28)17(23(29)33)21(31-32)14-7-6-11-8-16(26)20(30-19(11)18(14)27)13-4-2-3-5-15(13)25/h2-8,12,34H,9-10,28H2,1H3,(H2,29,33)/t12-,24+. The average molecular weight is 467 g/mol. The second-order valence-corrected chi connectivity index (χ2v) is 8.77. The maximum atomic E-state index is 15.7. The number of hydrogen-bond donors (Lipinski definition) is 3. The fourth-order valence-corrected chi connectivity index (χ4v) is 4.49. The molecule has 34 heavy (non-hydrogen) atoms. The zero-order chi connectivity index (χ0) is 24.4. The van der Waals surface area contributed by atoms with Gasteiger partial charge in [-0.3, -0.25) is 4.79 Å². The number of fused-ring (bicyclic) bond motifs is 1. The number of nitrogens with two attached hydrogens (primary N) is 2. The van der Waals surface area contributed by atoms with Crippen LogP contribution in [0.15, 0.2) is 42.5 Å². The minimum absolute atomic E-state index is 0.0402. The molecule has 1 aliphatic rings. The van der Waals surface area contributed by atoms with Gasteiger partial charge in [0.1, 0.15) is 39.9 Å². The molecule has 4 aromatic rings. The molecule has 10 heteroatoms. The Balaban J connectivity index is 1.69. The second-order valence-electron chi connectivity index (χ2n) is 8.77. The van der Waals surface area contributed by atoms with Gasteiger partial charge in [-0.25, -0.2) is 22.8 Å². The number of aromatic nitrogens is 3. The van der Waals surface area contributed by atoms with Crippen molar-refractivity contribution < 1.29 is 23.1 Å². The van der Waals surface area contributed by atoms with Crippen molar-refractivity contribution in [2.24, 2.45) is 5.73 Å². The van der Waals surface area contributed by atoms with E-state index >= 15 is 4.39 Å². The Kier molecular flexibility index (Phi) is 4.87. The monoisotopic (exact) mass is 467 g/mol. The van der Waals surface area contributed by atoms with Gasteiger partial charge in [0.15, 0.2) is 5.82 Å². The maximum Gasteiger partial charge on any atom is 0.254 e. The van der Waals surface area contributed by atoms with Crippen molar-refractivity contribution in [2.75, 3.05) is 5.73 Å². The molecule has 1 aliphatic carbocycles. The molecule has 5 rings (SSSR count). The minimum atomic E-state index is -0.900. The molecule has 1 amide bonds. The number of carbonyl (C=O) groups excluding carboxylic acids is 1. The van der Waals surface area contributed by atoms with Crippen LogP contribution < -0.4 is 11.5 Å². The van der Waals surface area contributed by atoms with E-state index in [-0.39, 0.29) is 50.8 Å². The molecule has 0 radical (unpaired) electrons. The molecule has 5 N–H and O–H groups in total. The molecule has 2 heterocycles. The summed E-state index contributed by atoms with van der Waals surface area (Å²) in [5.41, 5.74) is 9.71. The van der Waals surface area contributed by atoms with Gasteiger partial charge >= 0.3 is 0 Å². The van der Waals surface area contributed by atoms with Crippen molar-refractivity contribution in [2.45, 2.75) is 31.4 Å². The van der Waals surface area contributed by atoms with Crippen LogP contribution in [0.2, 0.25) is 0 Å². The van der Waals surface area contributed by atoms with Crippen LogP contribution >= 0.6 is 0 Å². The number of anilines is 1. The minimum Gasteiger partial charge on any atom is -0.390 e. The van der Waals surface area contributed by atoms with Crippen LogP contribution in [-0.2, 0) is 0 Å². The maximum absolute atomic E-state index is 15.7. The van der Waals surface area contributed by atoms with E-state index in [1.807, 2.05) is 0 Å². The summed E-state index contributed by atoms with van der Waals surface area (Å²) >= 11 is 0. The Hall–Kier alpha value is -3.92. The smallest absolute Gasteiger partial charge is 0.254 e. The number of aliphatic hydroxyl groups is 1. The summed E-state index contributed by atoms with van der Waals surface area (Å²) in [6.45, 7) is 1.67. The van der Waals surface area contributed by atoms with Crippen LogP contribution in [0, 0.1) is 17.5 Å². The molecule has 7 nitrogen and oxygen atoms in total. The quantitative estimate of drug-likeness (QED) is 0.420. The number of amides is 1. The van der Waals surface area contributed by atoms with E-state index in [1.54, 1.807) is 6.92 Å². The fourth-order valence-electron chi connectivity index (χ4n) is 4.49. The molecule has 2 aromatic heterocycles. The van der Waals surface area contributed by atoms with Crippen LogP contribution in [0.25, 0.3) is 33.4 Å². The van der Waals surface area contributed by atoms with Crippen LogP contribution in [0.4, 0.5) is 19.0 Å². The summed E-state index contributed by atoms with van der Waals surface area (Å²) in [6.07, 6.45) is 0.702. The van der Waals surface area contributed by atoms with Gasteiger partial charge in [0.25, 0.3) is 5.91 Å². The van der Waals surface area contributed by atoms with Crippen molar-refractivity contribution in [1.29, 1.82) is 0 Å². The molecular formula is C24H20F3N5O2. The first-order valence-corrected chi connectivity index (χ1v) is 10.5. The van der Waals surface area contributed by atoms with Gasteiger partial charge in [-0.15, -0.1) is 0 Å². The molecule has 0 saturated heterocycles. The van der Waals surface area contributed by atoms with Crippen molar-refractivity contribution in [3.05, 3.63) is 65.5 Å². The number of benzene rings is 2. The molecule has 174 valence electrons. The largest absolute Gasteiger partial charge is 0.390 e. The fraction of sp³-hybridized carbons (Fsp3) is 0.208. The van der Waals surface area contributed by atoms with Gasteiger partial charge < -0.3 is 16.6 Å². The normalized spacial score (nSPS) is 19.9. The Bertz CT molecular complexity index is 1470. The molecule has 0 spiro atoms. The molecule has 0 aliphatic heterocycles. The summed E-state index contributed by atoms with van der Waals surface area (Å²) in [5.74, 6) is -3.34. The Morgan fingerprint density at radius 3 is 2.44 bits per heavy atom. The Morgan fingerprint density at radius 1 is 1.09 bits per heavy atom. The summed E-state index contributed by atoms with van der Waals surface area (Å²) in [7, 11) is 0. The van der Waals surface area contributed by atoms with Gasteiger partial charge in [-0.05, 0) is 44.0 Å². The predicted molar refractivity (Wildman–Crippen MR) is 120 cm³/mol. The van der Waals surface area contributed by atoms with E-state index in [9.17, 15) is 18.7 Å². The van der Waals surface area contributed by atoms with Crippen molar-refractivity contribution in [1.82, 2.24) is 14.8 Å². The van der Waals surface area contributed by atoms with Gasteiger partial charge in [-0.2, -0.15) is 5.10 Å². The number of nitrogen functional groups attached to an aromatic ring is 1. The van der Waals surface area contributed by atoms with E-state index < -0.39 is 29.0 Å². The highest BCUT2D eigenvalue weighted by Gasteiger charge is 2.42. The lowest BCUT2D eigenvalue weighted by Crippen LogP contribution is -2.42. The third kappa shape index (κ3) is 3.38.